The second-order valence-electron chi connectivity index (χ2n) is 5.03. The largest absolute Gasteiger partial charge is 0.288 e. The van der Waals surface area contributed by atoms with Crippen LogP contribution in [0.15, 0.2) is 42.6 Å². The van der Waals surface area contributed by atoms with Crippen LogP contribution >= 0.6 is 22.6 Å². The number of benzene rings is 1. The number of rotatable bonds is 1. The van der Waals surface area contributed by atoms with Crippen molar-refractivity contribution in [1.82, 2.24) is 9.97 Å². The second kappa shape index (κ2) is 4.98. The molecule has 1 aliphatic heterocycles. The van der Waals surface area contributed by atoms with Gasteiger partial charge in [0.1, 0.15) is 11.6 Å². The predicted molar refractivity (Wildman–Crippen MR) is 89.2 cm³/mol. The third-order valence-corrected chi connectivity index (χ3v) is 4.50. The highest BCUT2D eigenvalue weighted by Crippen LogP contribution is 2.30. The quantitative estimate of drug-likeness (QED) is 0.582. The number of hydrogen-bond acceptors (Lipinski definition) is 3. The van der Waals surface area contributed by atoms with Gasteiger partial charge in [0.05, 0.1) is 6.54 Å². The van der Waals surface area contributed by atoms with Crippen LogP contribution in [-0.4, -0.2) is 15.9 Å². The number of carbonyl (C=O) groups excluding carboxylic acids is 1. The Morgan fingerprint density at radius 1 is 1.23 bits per heavy atom. The van der Waals surface area contributed by atoms with Crippen LogP contribution in [0, 0.1) is 9.39 Å². The lowest BCUT2D eigenvalue weighted by Crippen LogP contribution is -2.24. The van der Waals surface area contributed by atoms with Gasteiger partial charge in [-0.2, -0.15) is 0 Å². The molecule has 3 heterocycles. The van der Waals surface area contributed by atoms with Gasteiger partial charge in [0.25, 0.3) is 5.91 Å². The van der Waals surface area contributed by atoms with Crippen LogP contribution in [0.3, 0.4) is 0 Å². The maximum absolute atomic E-state index is 13.7. The van der Waals surface area contributed by atoms with Crippen molar-refractivity contribution in [1.29, 1.82) is 0 Å². The van der Waals surface area contributed by atoms with E-state index in [0.29, 0.717) is 32.7 Å². The Kier molecular flexibility index (Phi) is 3.07. The molecule has 1 amide bonds. The fourth-order valence-corrected chi connectivity index (χ4v) is 3.05. The van der Waals surface area contributed by atoms with Crippen molar-refractivity contribution in [2.75, 3.05) is 4.90 Å². The number of halogens is 2. The molecule has 0 spiro atoms. The van der Waals surface area contributed by atoms with Crippen LogP contribution in [0.25, 0.3) is 11.0 Å². The summed E-state index contributed by atoms with van der Waals surface area (Å²) in [6.45, 7) is 0.327. The minimum atomic E-state index is -0.304. The maximum Gasteiger partial charge on any atom is 0.260 e. The molecule has 0 saturated heterocycles. The molecule has 0 saturated carbocycles. The average molecular weight is 405 g/mol. The summed E-state index contributed by atoms with van der Waals surface area (Å²) in [5.41, 5.74) is 1.81. The fraction of sp³-hybridized carbons (Fsp3) is 0.0625. The molecule has 0 N–H and O–H groups in total. The van der Waals surface area contributed by atoms with Crippen molar-refractivity contribution >= 4 is 45.3 Å². The third-order valence-electron chi connectivity index (χ3n) is 3.68. The number of anilines is 1. The molecule has 4 rings (SSSR count). The van der Waals surface area contributed by atoms with Gasteiger partial charge in [0, 0.05) is 20.7 Å². The van der Waals surface area contributed by atoms with Gasteiger partial charge in [-0.1, -0.05) is 0 Å². The standard InChI is InChI=1S/C16H9FIN3O/c17-12-6-10-8-21(16(22)11(10)7-13(12)18)14-4-3-9-2-1-5-19-15(9)20-14/h1-7H,8H2. The maximum atomic E-state index is 13.7. The summed E-state index contributed by atoms with van der Waals surface area (Å²) in [5, 5.41) is 0.913. The Bertz CT molecular complexity index is 928. The molecule has 4 nitrogen and oxygen atoms in total. The molecule has 3 aromatic rings. The first-order chi connectivity index (χ1) is 10.6. The lowest BCUT2D eigenvalue weighted by atomic mass is 10.1. The number of fused-ring (bicyclic) bond motifs is 2. The van der Waals surface area contributed by atoms with E-state index in [9.17, 15) is 9.18 Å². The number of hydrogen-bond donors (Lipinski definition) is 0. The van der Waals surface area contributed by atoms with Gasteiger partial charge >= 0.3 is 0 Å². The predicted octanol–water partition coefficient (Wildman–Crippen LogP) is 3.53. The van der Waals surface area contributed by atoms with E-state index in [2.05, 4.69) is 9.97 Å². The Labute approximate surface area is 139 Å². The van der Waals surface area contributed by atoms with Crippen LogP contribution in [0.2, 0.25) is 0 Å². The zero-order valence-electron chi connectivity index (χ0n) is 11.3. The fourth-order valence-electron chi connectivity index (χ4n) is 2.58. The molecule has 0 bridgehead atoms. The van der Waals surface area contributed by atoms with Gasteiger partial charge < -0.3 is 0 Å². The van der Waals surface area contributed by atoms with Crippen molar-refractivity contribution in [2.24, 2.45) is 0 Å². The van der Waals surface area contributed by atoms with E-state index in [4.69, 9.17) is 0 Å². The second-order valence-corrected chi connectivity index (χ2v) is 6.20. The van der Waals surface area contributed by atoms with Crippen molar-refractivity contribution in [3.8, 4) is 0 Å². The molecular weight excluding hydrogens is 396 g/mol. The summed E-state index contributed by atoms with van der Waals surface area (Å²) in [6, 6.07) is 10.4. The molecule has 0 radical (unpaired) electrons. The Morgan fingerprint density at radius 3 is 2.95 bits per heavy atom. The molecule has 1 aliphatic rings. The molecule has 108 valence electrons. The molecular formula is C16H9FIN3O. The summed E-state index contributed by atoms with van der Waals surface area (Å²) >= 11 is 1.89. The number of carbonyl (C=O) groups is 1. The van der Waals surface area contributed by atoms with Gasteiger partial charge in [-0.25, -0.2) is 14.4 Å². The number of pyridine rings is 2. The normalized spacial score (nSPS) is 13.7. The van der Waals surface area contributed by atoms with Crippen molar-refractivity contribution in [3.63, 3.8) is 0 Å². The first kappa shape index (κ1) is 13.6. The molecule has 0 fully saturated rings. The highest BCUT2D eigenvalue weighted by Gasteiger charge is 2.30. The highest BCUT2D eigenvalue weighted by molar-refractivity contribution is 14.1. The van der Waals surface area contributed by atoms with E-state index in [1.54, 1.807) is 23.2 Å². The molecule has 6 heteroatoms. The van der Waals surface area contributed by atoms with E-state index in [0.717, 1.165) is 5.39 Å². The van der Waals surface area contributed by atoms with E-state index in [-0.39, 0.29) is 11.7 Å². The number of aromatic nitrogens is 2. The summed E-state index contributed by atoms with van der Waals surface area (Å²) in [5.74, 6) is 0.0700. The van der Waals surface area contributed by atoms with Crippen molar-refractivity contribution in [2.45, 2.75) is 6.54 Å². The molecule has 22 heavy (non-hydrogen) atoms. The van der Waals surface area contributed by atoms with Crippen LogP contribution in [0.5, 0.6) is 0 Å². The SMILES string of the molecule is O=C1c2cc(I)c(F)cc2CN1c1ccc2cccnc2n1. The van der Waals surface area contributed by atoms with Gasteiger partial charge in [0.2, 0.25) is 0 Å². The lowest BCUT2D eigenvalue weighted by molar-refractivity contribution is 0.0996. The average Bonchev–Trinajstić information content (AvgIpc) is 2.84. The topological polar surface area (TPSA) is 46.1 Å². The van der Waals surface area contributed by atoms with Crippen LogP contribution in [-0.2, 0) is 6.54 Å². The lowest BCUT2D eigenvalue weighted by Gasteiger charge is -2.14. The molecule has 2 aromatic heterocycles. The van der Waals surface area contributed by atoms with Crippen LogP contribution in [0.1, 0.15) is 15.9 Å². The minimum Gasteiger partial charge on any atom is -0.288 e. The van der Waals surface area contributed by atoms with E-state index >= 15 is 0 Å². The van der Waals surface area contributed by atoms with Crippen molar-refractivity contribution < 1.29 is 9.18 Å². The van der Waals surface area contributed by atoms with E-state index in [1.807, 2.05) is 40.8 Å². The first-order valence-corrected chi connectivity index (χ1v) is 7.73. The molecule has 0 aliphatic carbocycles. The summed E-state index contributed by atoms with van der Waals surface area (Å²) in [7, 11) is 0. The minimum absolute atomic E-state index is 0.157. The van der Waals surface area contributed by atoms with Gasteiger partial charge in [-0.05, 0) is 64.6 Å². The van der Waals surface area contributed by atoms with Crippen molar-refractivity contribution in [3.05, 3.63) is 63.1 Å². The monoisotopic (exact) mass is 405 g/mol. The number of nitrogens with zero attached hydrogens (tertiary/aromatic N) is 3. The van der Waals surface area contributed by atoms with Gasteiger partial charge in [0.15, 0.2) is 5.65 Å². The smallest absolute Gasteiger partial charge is 0.260 e. The zero-order valence-corrected chi connectivity index (χ0v) is 13.4. The Morgan fingerprint density at radius 2 is 2.09 bits per heavy atom. The van der Waals surface area contributed by atoms with Gasteiger partial charge in [-0.3, -0.25) is 9.69 Å². The van der Waals surface area contributed by atoms with Crippen LogP contribution < -0.4 is 4.90 Å². The van der Waals surface area contributed by atoms with E-state index < -0.39 is 0 Å². The first-order valence-electron chi connectivity index (χ1n) is 6.65. The summed E-state index contributed by atoms with van der Waals surface area (Å²) in [6.07, 6.45) is 1.66. The zero-order chi connectivity index (χ0) is 15.3. The Balaban J connectivity index is 1.79. The van der Waals surface area contributed by atoms with Gasteiger partial charge in [-0.15, -0.1) is 0 Å². The summed E-state index contributed by atoms with van der Waals surface area (Å²) < 4.78 is 14.1. The molecule has 0 unspecified atom stereocenters. The number of amides is 1. The third kappa shape index (κ3) is 2.06. The molecule has 0 atom stereocenters. The highest BCUT2D eigenvalue weighted by atomic mass is 127. The van der Waals surface area contributed by atoms with E-state index in [1.165, 1.54) is 6.07 Å². The Hall–Kier alpha value is -2.09. The van der Waals surface area contributed by atoms with Crippen LogP contribution in [0.4, 0.5) is 10.2 Å². The summed E-state index contributed by atoms with van der Waals surface area (Å²) in [4.78, 5) is 22.7. The molecule has 1 aromatic carbocycles.